The van der Waals surface area contributed by atoms with Crippen LogP contribution in [-0.2, 0) is 14.3 Å². The Morgan fingerprint density at radius 1 is 1.64 bits per heavy atom. The van der Waals surface area contributed by atoms with Crippen LogP contribution in [0.25, 0.3) is 0 Å². The zero-order valence-electron chi connectivity index (χ0n) is 6.46. The van der Waals surface area contributed by atoms with Gasteiger partial charge in [-0.15, -0.1) is 0 Å². The standard InChI is InChI=1S/C6H11NO4/c1-4(11-2)6(10)7-3-5(8)9/h4H,3H2,1-2H3,(H,7,10)(H,8,9). The van der Waals surface area contributed by atoms with E-state index in [1.54, 1.807) is 0 Å². The summed E-state index contributed by atoms with van der Waals surface area (Å²) in [6, 6.07) is 0. The average molecular weight is 161 g/mol. The molecule has 0 aliphatic heterocycles. The molecular formula is C6H11NO4. The van der Waals surface area contributed by atoms with Gasteiger partial charge in [0.25, 0.3) is 0 Å². The second kappa shape index (κ2) is 4.68. The smallest absolute Gasteiger partial charge is 0.322 e. The van der Waals surface area contributed by atoms with Crippen molar-refractivity contribution in [3.63, 3.8) is 0 Å². The summed E-state index contributed by atoms with van der Waals surface area (Å²) < 4.78 is 4.64. The summed E-state index contributed by atoms with van der Waals surface area (Å²) in [6.45, 7) is 1.17. The summed E-state index contributed by atoms with van der Waals surface area (Å²) in [5.41, 5.74) is 0. The first-order valence-electron chi connectivity index (χ1n) is 3.10. The zero-order chi connectivity index (χ0) is 8.85. The summed E-state index contributed by atoms with van der Waals surface area (Å²) in [6.07, 6.45) is -0.602. The van der Waals surface area contributed by atoms with Crippen molar-refractivity contribution in [2.24, 2.45) is 0 Å². The number of nitrogens with one attached hydrogen (secondary N) is 1. The highest BCUT2D eigenvalue weighted by atomic mass is 16.5. The molecule has 1 unspecified atom stereocenters. The summed E-state index contributed by atoms with van der Waals surface area (Å²) in [5.74, 6) is -1.49. The lowest BCUT2D eigenvalue weighted by molar-refractivity contribution is -0.139. The average Bonchev–Trinajstić information content (AvgIpc) is 1.98. The zero-order valence-corrected chi connectivity index (χ0v) is 6.46. The predicted molar refractivity (Wildman–Crippen MR) is 37.1 cm³/mol. The minimum atomic E-state index is -1.07. The molecule has 0 aromatic heterocycles. The second-order valence-electron chi connectivity index (χ2n) is 1.99. The van der Waals surface area contributed by atoms with Gasteiger partial charge >= 0.3 is 5.97 Å². The van der Waals surface area contributed by atoms with Gasteiger partial charge in [0.2, 0.25) is 5.91 Å². The molecule has 0 rings (SSSR count). The van der Waals surface area contributed by atoms with Crippen LogP contribution in [0.2, 0.25) is 0 Å². The molecule has 0 aliphatic rings. The van der Waals surface area contributed by atoms with Crippen LogP contribution in [0.4, 0.5) is 0 Å². The number of carbonyl (C=O) groups is 2. The highest BCUT2D eigenvalue weighted by molar-refractivity contribution is 5.84. The molecular weight excluding hydrogens is 150 g/mol. The van der Waals surface area contributed by atoms with Gasteiger partial charge in [0.15, 0.2) is 0 Å². The van der Waals surface area contributed by atoms with Crippen molar-refractivity contribution in [2.45, 2.75) is 13.0 Å². The normalized spacial score (nSPS) is 12.2. The monoisotopic (exact) mass is 161 g/mol. The maximum Gasteiger partial charge on any atom is 0.322 e. The quantitative estimate of drug-likeness (QED) is 0.567. The lowest BCUT2D eigenvalue weighted by Gasteiger charge is -2.07. The van der Waals surface area contributed by atoms with Gasteiger partial charge in [0.05, 0.1) is 0 Å². The molecule has 0 saturated heterocycles. The molecule has 1 amide bonds. The van der Waals surface area contributed by atoms with E-state index < -0.39 is 18.0 Å². The van der Waals surface area contributed by atoms with Crippen molar-refractivity contribution in [1.29, 1.82) is 0 Å². The molecule has 11 heavy (non-hydrogen) atoms. The molecule has 0 aromatic rings. The van der Waals surface area contributed by atoms with Crippen molar-refractivity contribution >= 4 is 11.9 Å². The van der Waals surface area contributed by atoms with Gasteiger partial charge in [-0.2, -0.15) is 0 Å². The van der Waals surface area contributed by atoms with E-state index in [9.17, 15) is 9.59 Å². The van der Waals surface area contributed by atoms with E-state index in [2.05, 4.69) is 10.1 Å². The number of amides is 1. The first-order chi connectivity index (χ1) is 5.07. The maximum atomic E-state index is 10.8. The van der Waals surface area contributed by atoms with Crippen LogP contribution in [0.1, 0.15) is 6.92 Å². The minimum Gasteiger partial charge on any atom is -0.480 e. The van der Waals surface area contributed by atoms with E-state index in [1.165, 1.54) is 14.0 Å². The minimum absolute atomic E-state index is 0.369. The first-order valence-corrected chi connectivity index (χ1v) is 3.10. The number of carboxylic acid groups (broad SMARTS) is 1. The van der Waals surface area contributed by atoms with Gasteiger partial charge in [-0.1, -0.05) is 0 Å². The van der Waals surface area contributed by atoms with Gasteiger partial charge in [-0.05, 0) is 6.92 Å². The molecule has 5 nitrogen and oxygen atoms in total. The van der Waals surface area contributed by atoms with E-state index in [-0.39, 0.29) is 6.54 Å². The van der Waals surface area contributed by atoms with Gasteiger partial charge in [0, 0.05) is 7.11 Å². The van der Waals surface area contributed by atoms with Crippen molar-refractivity contribution in [3.8, 4) is 0 Å². The number of rotatable bonds is 4. The molecule has 5 heteroatoms. The van der Waals surface area contributed by atoms with Crippen LogP contribution in [0, 0.1) is 0 Å². The lowest BCUT2D eigenvalue weighted by atomic mass is 10.4. The van der Waals surface area contributed by atoms with Gasteiger partial charge < -0.3 is 15.2 Å². The Hall–Kier alpha value is -1.10. The van der Waals surface area contributed by atoms with Crippen LogP contribution in [0.3, 0.4) is 0 Å². The third kappa shape index (κ3) is 4.32. The van der Waals surface area contributed by atoms with Gasteiger partial charge in [-0.25, -0.2) is 0 Å². The van der Waals surface area contributed by atoms with Crippen LogP contribution >= 0.6 is 0 Å². The van der Waals surface area contributed by atoms with Crippen molar-refractivity contribution in [3.05, 3.63) is 0 Å². The van der Waals surface area contributed by atoms with E-state index in [0.29, 0.717) is 0 Å². The Balaban J connectivity index is 3.60. The summed E-state index contributed by atoms with van der Waals surface area (Å²) in [4.78, 5) is 20.7. The van der Waals surface area contributed by atoms with Gasteiger partial charge in [0.1, 0.15) is 12.6 Å². The highest BCUT2D eigenvalue weighted by Crippen LogP contribution is 1.85. The van der Waals surface area contributed by atoms with E-state index in [0.717, 1.165) is 0 Å². The molecule has 0 bridgehead atoms. The van der Waals surface area contributed by atoms with Crippen LogP contribution in [0.5, 0.6) is 0 Å². The highest BCUT2D eigenvalue weighted by Gasteiger charge is 2.11. The number of carboxylic acids is 1. The molecule has 1 atom stereocenters. The van der Waals surface area contributed by atoms with Crippen molar-refractivity contribution < 1.29 is 19.4 Å². The van der Waals surface area contributed by atoms with Crippen molar-refractivity contribution in [2.75, 3.05) is 13.7 Å². The molecule has 0 radical (unpaired) electrons. The van der Waals surface area contributed by atoms with Crippen LogP contribution < -0.4 is 5.32 Å². The maximum absolute atomic E-state index is 10.8. The fourth-order valence-corrected chi connectivity index (χ4v) is 0.413. The number of aliphatic carboxylic acids is 1. The largest absolute Gasteiger partial charge is 0.480 e. The van der Waals surface area contributed by atoms with Crippen LogP contribution in [0.15, 0.2) is 0 Å². The number of ether oxygens (including phenoxy) is 1. The topological polar surface area (TPSA) is 75.6 Å². The molecule has 64 valence electrons. The molecule has 0 spiro atoms. The fraction of sp³-hybridized carbons (Fsp3) is 0.667. The summed E-state index contributed by atoms with van der Waals surface area (Å²) in [5, 5.41) is 10.3. The number of carbonyl (C=O) groups excluding carboxylic acids is 1. The SMILES string of the molecule is COC(C)C(=O)NCC(=O)O. The number of hydrogen-bond acceptors (Lipinski definition) is 3. The summed E-state index contributed by atoms with van der Waals surface area (Å²) in [7, 11) is 1.38. The number of methoxy groups -OCH3 is 1. The molecule has 0 heterocycles. The molecule has 0 saturated carbocycles. The van der Waals surface area contributed by atoms with Crippen molar-refractivity contribution in [1.82, 2.24) is 5.32 Å². The third-order valence-corrected chi connectivity index (χ3v) is 1.14. The number of hydrogen-bond donors (Lipinski definition) is 2. The Morgan fingerprint density at radius 3 is 2.55 bits per heavy atom. The van der Waals surface area contributed by atoms with Gasteiger partial charge in [-0.3, -0.25) is 9.59 Å². The third-order valence-electron chi connectivity index (χ3n) is 1.14. The summed E-state index contributed by atoms with van der Waals surface area (Å²) >= 11 is 0. The second-order valence-corrected chi connectivity index (χ2v) is 1.99. The Morgan fingerprint density at radius 2 is 2.18 bits per heavy atom. The molecule has 0 aromatic carbocycles. The van der Waals surface area contributed by atoms with E-state index >= 15 is 0 Å². The van der Waals surface area contributed by atoms with E-state index in [4.69, 9.17) is 5.11 Å². The predicted octanol–water partition coefficient (Wildman–Crippen LogP) is -0.778. The lowest BCUT2D eigenvalue weighted by Crippen LogP contribution is -2.36. The molecule has 0 fully saturated rings. The molecule has 2 N–H and O–H groups in total. The Bertz CT molecular complexity index is 157. The van der Waals surface area contributed by atoms with E-state index in [1.807, 2.05) is 0 Å². The fourth-order valence-electron chi connectivity index (χ4n) is 0.413. The molecule has 0 aliphatic carbocycles. The van der Waals surface area contributed by atoms with Crippen LogP contribution in [-0.4, -0.2) is 36.7 Å². The first kappa shape index (κ1) is 9.90. The Labute approximate surface area is 64.3 Å². The Kier molecular flexibility index (Phi) is 4.21.